The largest absolute Gasteiger partial charge is 0.463 e. The second kappa shape index (κ2) is 12.5. The van der Waals surface area contributed by atoms with E-state index in [1.165, 1.54) is 6.92 Å². The van der Waals surface area contributed by atoms with Crippen LogP contribution in [-0.4, -0.2) is 79.0 Å². The minimum Gasteiger partial charge on any atom is -0.463 e. The van der Waals surface area contributed by atoms with Gasteiger partial charge >= 0.3 is 23.9 Å². The molecule has 1 saturated heterocycles. The molecule has 0 aromatic heterocycles. The molecule has 1 fully saturated rings. The van der Waals surface area contributed by atoms with Crippen molar-refractivity contribution in [1.82, 2.24) is 0 Å². The van der Waals surface area contributed by atoms with Crippen LogP contribution in [0.3, 0.4) is 0 Å². The smallest absolute Gasteiger partial charge is 0.303 e. The van der Waals surface area contributed by atoms with Crippen molar-refractivity contribution in [1.29, 1.82) is 0 Å². The Morgan fingerprint density at radius 3 is 1.90 bits per heavy atom. The van der Waals surface area contributed by atoms with E-state index in [-0.39, 0.29) is 13.2 Å². The fourth-order valence-corrected chi connectivity index (χ4v) is 2.97. The first-order chi connectivity index (χ1) is 14.0. The van der Waals surface area contributed by atoms with Gasteiger partial charge in [0, 0.05) is 34.3 Å². The first-order valence-electron chi connectivity index (χ1n) is 9.61. The lowest BCUT2D eigenvalue weighted by Crippen LogP contribution is -2.63. The van der Waals surface area contributed by atoms with E-state index in [1.54, 1.807) is 6.92 Å². The van der Waals surface area contributed by atoms with E-state index in [1.807, 2.05) is 0 Å². The molecule has 0 aliphatic carbocycles. The maximum absolute atomic E-state index is 11.7. The van der Waals surface area contributed by atoms with E-state index in [0.29, 0.717) is 12.8 Å². The fraction of sp³-hybridized carbons (Fsp3) is 0.789. The van der Waals surface area contributed by atoms with Crippen LogP contribution in [0.2, 0.25) is 0 Å². The summed E-state index contributed by atoms with van der Waals surface area (Å²) in [6.45, 7) is 6.02. The first-order valence-corrected chi connectivity index (χ1v) is 9.61. The minimum absolute atomic E-state index is 0.0354. The molecule has 11 nitrogen and oxygen atoms in total. The van der Waals surface area contributed by atoms with Gasteiger partial charge in [0.25, 0.3) is 0 Å². The van der Waals surface area contributed by atoms with Crippen molar-refractivity contribution in [2.45, 2.75) is 84.3 Å². The third-order valence-electron chi connectivity index (χ3n) is 4.08. The van der Waals surface area contributed by atoms with E-state index < -0.39 is 60.7 Å². The Labute approximate surface area is 174 Å². The highest BCUT2D eigenvalue weighted by molar-refractivity contribution is 5.68. The Balaban J connectivity index is 3.25. The molecule has 0 spiro atoms. The molecule has 1 N–H and O–H groups in total. The Hall–Kier alpha value is -2.24. The van der Waals surface area contributed by atoms with Crippen LogP contribution in [0.15, 0.2) is 0 Å². The monoisotopic (exact) mass is 434 g/mol. The van der Waals surface area contributed by atoms with Crippen molar-refractivity contribution in [2.24, 2.45) is 0 Å². The van der Waals surface area contributed by atoms with Crippen molar-refractivity contribution in [3.63, 3.8) is 0 Å². The Morgan fingerprint density at radius 1 is 0.867 bits per heavy atom. The molecule has 0 aromatic rings. The Morgan fingerprint density at radius 2 is 1.40 bits per heavy atom. The van der Waals surface area contributed by atoms with E-state index in [0.717, 1.165) is 20.8 Å². The van der Waals surface area contributed by atoms with Gasteiger partial charge in [-0.05, 0) is 19.8 Å². The van der Waals surface area contributed by atoms with Gasteiger partial charge in [-0.2, -0.15) is 0 Å². The predicted molar refractivity (Wildman–Crippen MR) is 98.8 cm³/mol. The molecule has 0 radical (unpaired) electrons. The van der Waals surface area contributed by atoms with Crippen LogP contribution in [-0.2, 0) is 47.6 Å². The standard InChI is InChI=1S/C19H30O11/c1-10(7-6-8-20)26-19-18(29-14(5)24)17(28-13(4)23)16(27-12(3)22)15(30-19)9-25-11(2)21/h10,15-20H,6-9H2,1-5H3/t10?,15-,16+,17+,18-,19-/m1/s1. The zero-order chi connectivity index (χ0) is 22.8. The summed E-state index contributed by atoms with van der Waals surface area (Å²) in [6.07, 6.45) is -5.47. The molecule has 11 heteroatoms. The second-order valence-corrected chi connectivity index (χ2v) is 6.88. The highest BCUT2D eigenvalue weighted by Crippen LogP contribution is 2.30. The maximum Gasteiger partial charge on any atom is 0.303 e. The van der Waals surface area contributed by atoms with Gasteiger partial charge in [0.05, 0.1) is 6.10 Å². The molecule has 0 amide bonds. The molecule has 0 saturated carbocycles. The van der Waals surface area contributed by atoms with E-state index >= 15 is 0 Å². The second-order valence-electron chi connectivity index (χ2n) is 6.88. The van der Waals surface area contributed by atoms with Gasteiger partial charge in [-0.25, -0.2) is 0 Å². The quantitative estimate of drug-likeness (QED) is 0.373. The lowest BCUT2D eigenvalue weighted by atomic mass is 9.98. The average molecular weight is 434 g/mol. The molecular formula is C19H30O11. The van der Waals surface area contributed by atoms with Crippen molar-refractivity contribution in [3.05, 3.63) is 0 Å². The summed E-state index contributed by atoms with van der Waals surface area (Å²) >= 11 is 0. The highest BCUT2D eigenvalue weighted by Gasteiger charge is 2.53. The summed E-state index contributed by atoms with van der Waals surface area (Å²) in [7, 11) is 0. The highest BCUT2D eigenvalue weighted by atomic mass is 16.7. The van der Waals surface area contributed by atoms with Crippen LogP contribution in [0.5, 0.6) is 0 Å². The molecule has 6 atom stereocenters. The summed E-state index contributed by atoms with van der Waals surface area (Å²) in [4.78, 5) is 46.3. The number of aliphatic hydroxyl groups is 1. The number of carbonyl (C=O) groups is 4. The number of ether oxygens (including phenoxy) is 6. The van der Waals surface area contributed by atoms with Crippen molar-refractivity contribution < 1.29 is 52.7 Å². The fourth-order valence-electron chi connectivity index (χ4n) is 2.97. The third-order valence-corrected chi connectivity index (χ3v) is 4.08. The van der Waals surface area contributed by atoms with Crippen molar-refractivity contribution in [3.8, 4) is 0 Å². The molecule has 0 aromatic carbocycles. The summed E-state index contributed by atoms with van der Waals surface area (Å²) in [5, 5.41) is 9.01. The topological polar surface area (TPSA) is 144 Å². The number of hydrogen-bond acceptors (Lipinski definition) is 11. The molecule has 0 bridgehead atoms. The number of aliphatic hydroxyl groups excluding tert-OH is 1. The van der Waals surface area contributed by atoms with Crippen LogP contribution < -0.4 is 0 Å². The SMILES string of the molecule is CC(=O)OC[C@H]1O[C@@H](OC(C)CCCO)[C@H](OC(C)=O)[C@@H](OC(C)=O)[C@H]1OC(C)=O. The number of hydrogen-bond donors (Lipinski definition) is 1. The van der Waals surface area contributed by atoms with Crippen LogP contribution in [0.1, 0.15) is 47.5 Å². The van der Waals surface area contributed by atoms with Gasteiger partial charge in [0.2, 0.25) is 0 Å². The van der Waals surface area contributed by atoms with Crippen LogP contribution in [0.4, 0.5) is 0 Å². The summed E-state index contributed by atoms with van der Waals surface area (Å²) in [5.41, 5.74) is 0. The van der Waals surface area contributed by atoms with Crippen LogP contribution in [0, 0.1) is 0 Å². The predicted octanol–water partition coefficient (Wildman–Crippen LogP) is 0.247. The molecule has 30 heavy (non-hydrogen) atoms. The van der Waals surface area contributed by atoms with Gasteiger partial charge in [0.1, 0.15) is 12.7 Å². The zero-order valence-electron chi connectivity index (χ0n) is 17.8. The number of carbonyl (C=O) groups excluding carboxylic acids is 4. The van der Waals surface area contributed by atoms with Crippen molar-refractivity contribution >= 4 is 23.9 Å². The van der Waals surface area contributed by atoms with Gasteiger partial charge in [-0.15, -0.1) is 0 Å². The molecule has 1 aliphatic heterocycles. The third kappa shape index (κ3) is 8.64. The Kier molecular flexibility index (Phi) is 10.7. The van der Waals surface area contributed by atoms with Crippen LogP contribution in [0.25, 0.3) is 0 Å². The minimum atomic E-state index is -1.26. The normalized spacial score (nSPS) is 26.9. The maximum atomic E-state index is 11.7. The van der Waals surface area contributed by atoms with E-state index in [4.69, 9.17) is 33.5 Å². The molecule has 1 unspecified atom stereocenters. The van der Waals surface area contributed by atoms with Gasteiger partial charge in [-0.3, -0.25) is 19.2 Å². The molecule has 1 rings (SSSR count). The molecule has 172 valence electrons. The molecule has 1 aliphatic rings. The zero-order valence-corrected chi connectivity index (χ0v) is 17.8. The van der Waals surface area contributed by atoms with Gasteiger partial charge < -0.3 is 33.5 Å². The summed E-state index contributed by atoms with van der Waals surface area (Å²) in [6, 6.07) is 0. The Bertz CT molecular complexity index is 605. The molecule has 1 heterocycles. The lowest BCUT2D eigenvalue weighted by Gasteiger charge is -2.44. The van der Waals surface area contributed by atoms with E-state index in [9.17, 15) is 19.2 Å². The number of rotatable bonds is 10. The summed E-state index contributed by atoms with van der Waals surface area (Å²) < 4.78 is 32.5. The lowest BCUT2D eigenvalue weighted by molar-refractivity contribution is -0.316. The number of esters is 4. The average Bonchev–Trinajstić information content (AvgIpc) is 2.62. The van der Waals surface area contributed by atoms with Crippen LogP contribution >= 0.6 is 0 Å². The van der Waals surface area contributed by atoms with E-state index in [2.05, 4.69) is 0 Å². The van der Waals surface area contributed by atoms with Crippen molar-refractivity contribution in [2.75, 3.05) is 13.2 Å². The van der Waals surface area contributed by atoms with Gasteiger partial charge in [-0.1, -0.05) is 0 Å². The first kappa shape index (κ1) is 25.8. The summed E-state index contributed by atoms with van der Waals surface area (Å²) in [5.74, 6) is -2.71. The molecular weight excluding hydrogens is 404 g/mol. The van der Waals surface area contributed by atoms with Gasteiger partial charge in [0.15, 0.2) is 24.6 Å².